The Morgan fingerprint density at radius 1 is 1.38 bits per heavy atom. The van der Waals surface area contributed by atoms with Gasteiger partial charge in [-0.1, -0.05) is 0 Å². The van der Waals surface area contributed by atoms with Gasteiger partial charge in [-0.15, -0.1) is 24.0 Å². The summed E-state index contributed by atoms with van der Waals surface area (Å²) in [6.45, 7) is 4.96. The highest BCUT2D eigenvalue weighted by Gasteiger charge is 2.13. The molecule has 2 heterocycles. The lowest BCUT2D eigenvalue weighted by molar-refractivity contribution is 0.0643. The summed E-state index contributed by atoms with van der Waals surface area (Å²) in [5.74, 6) is 1.84. The zero-order chi connectivity index (χ0) is 10.3. The second kappa shape index (κ2) is 8.11. The molecular formula is C11H22IN3O. The van der Waals surface area contributed by atoms with E-state index in [1.807, 2.05) is 0 Å². The van der Waals surface area contributed by atoms with Crippen molar-refractivity contribution in [1.29, 1.82) is 0 Å². The number of hydrogen-bond acceptors (Lipinski definition) is 4. The van der Waals surface area contributed by atoms with E-state index in [9.17, 15) is 0 Å². The van der Waals surface area contributed by atoms with Crippen LogP contribution in [-0.4, -0.2) is 38.8 Å². The van der Waals surface area contributed by atoms with Crippen LogP contribution in [0.25, 0.3) is 0 Å². The number of hydrogen-bond donors (Lipinski definition) is 2. The molecule has 2 aliphatic heterocycles. The van der Waals surface area contributed by atoms with Crippen molar-refractivity contribution in [3.63, 3.8) is 0 Å². The molecule has 0 aromatic carbocycles. The van der Waals surface area contributed by atoms with Crippen LogP contribution in [0.5, 0.6) is 0 Å². The molecule has 0 atom stereocenters. The molecule has 5 heteroatoms. The van der Waals surface area contributed by atoms with Gasteiger partial charge in [-0.3, -0.25) is 4.99 Å². The number of nitrogens with zero attached hydrogens (tertiary/aromatic N) is 1. The summed E-state index contributed by atoms with van der Waals surface area (Å²) in [7, 11) is 0. The molecule has 0 saturated carbocycles. The predicted molar refractivity (Wildman–Crippen MR) is 76.5 cm³/mol. The monoisotopic (exact) mass is 339 g/mol. The van der Waals surface area contributed by atoms with Crippen molar-refractivity contribution in [2.75, 3.05) is 32.8 Å². The van der Waals surface area contributed by atoms with E-state index in [4.69, 9.17) is 4.74 Å². The predicted octanol–water partition coefficient (Wildman–Crippen LogP) is 1.36. The van der Waals surface area contributed by atoms with E-state index < -0.39 is 0 Å². The van der Waals surface area contributed by atoms with Crippen molar-refractivity contribution in [2.24, 2.45) is 10.9 Å². The fraction of sp³-hybridized carbons (Fsp3) is 0.909. The summed E-state index contributed by atoms with van der Waals surface area (Å²) in [6.07, 6.45) is 4.85. The van der Waals surface area contributed by atoms with Gasteiger partial charge in [-0.05, 0) is 31.6 Å². The van der Waals surface area contributed by atoms with Crippen molar-refractivity contribution >= 4 is 29.9 Å². The minimum atomic E-state index is 0. The normalized spacial score (nSPS) is 21.6. The first-order chi connectivity index (χ1) is 7.45. The van der Waals surface area contributed by atoms with Gasteiger partial charge in [0.1, 0.15) is 0 Å². The van der Waals surface area contributed by atoms with Crippen LogP contribution >= 0.6 is 24.0 Å². The van der Waals surface area contributed by atoms with Crippen LogP contribution in [0.3, 0.4) is 0 Å². The first-order valence-corrected chi connectivity index (χ1v) is 6.05. The molecule has 0 bridgehead atoms. The maximum atomic E-state index is 5.34. The Hall–Kier alpha value is -0.0400. The van der Waals surface area contributed by atoms with E-state index >= 15 is 0 Å². The lowest BCUT2D eigenvalue weighted by atomic mass is 9.97. The Morgan fingerprint density at radius 2 is 2.19 bits per heavy atom. The highest BCUT2D eigenvalue weighted by atomic mass is 127. The van der Waals surface area contributed by atoms with Crippen LogP contribution in [0.1, 0.15) is 25.7 Å². The number of rotatable bonds is 3. The summed E-state index contributed by atoms with van der Waals surface area (Å²) < 4.78 is 5.34. The third kappa shape index (κ3) is 4.86. The molecule has 2 aliphatic rings. The van der Waals surface area contributed by atoms with Gasteiger partial charge < -0.3 is 15.4 Å². The summed E-state index contributed by atoms with van der Waals surface area (Å²) in [5, 5.41) is 6.64. The summed E-state index contributed by atoms with van der Waals surface area (Å²) in [6, 6.07) is 0. The highest BCUT2D eigenvalue weighted by Crippen LogP contribution is 2.17. The SMILES string of the molecule is C1CN=C(NCCC2CCOCC2)NC1.I. The molecule has 4 nitrogen and oxygen atoms in total. The minimum absolute atomic E-state index is 0. The van der Waals surface area contributed by atoms with Gasteiger partial charge in [0.05, 0.1) is 0 Å². The van der Waals surface area contributed by atoms with Crippen molar-refractivity contribution < 1.29 is 4.74 Å². The van der Waals surface area contributed by atoms with Crippen LogP contribution in [0.2, 0.25) is 0 Å². The number of halogens is 1. The number of guanidine groups is 1. The molecule has 0 unspecified atom stereocenters. The largest absolute Gasteiger partial charge is 0.381 e. The Morgan fingerprint density at radius 3 is 2.88 bits per heavy atom. The average molecular weight is 339 g/mol. The van der Waals surface area contributed by atoms with Crippen LogP contribution in [-0.2, 0) is 4.74 Å². The zero-order valence-electron chi connectivity index (χ0n) is 9.71. The Labute approximate surface area is 115 Å². The Kier molecular flexibility index (Phi) is 7.11. The smallest absolute Gasteiger partial charge is 0.191 e. The van der Waals surface area contributed by atoms with Gasteiger partial charge in [-0.25, -0.2) is 0 Å². The van der Waals surface area contributed by atoms with E-state index in [2.05, 4.69) is 15.6 Å². The maximum absolute atomic E-state index is 5.34. The number of ether oxygens (including phenoxy) is 1. The molecular weight excluding hydrogens is 317 g/mol. The second-order valence-electron chi connectivity index (χ2n) is 4.28. The maximum Gasteiger partial charge on any atom is 0.191 e. The van der Waals surface area contributed by atoms with Gasteiger partial charge >= 0.3 is 0 Å². The van der Waals surface area contributed by atoms with Crippen LogP contribution in [0.15, 0.2) is 4.99 Å². The molecule has 2 rings (SSSR count). The molecule has 1 saturated heterocycles. The minimum Gasteiger partial charge on any atom is -0.381 e. The van der Waals surface area contributed by atoms with E-state index in [1.54, 1.807) is 0 Å². The molecule has 0 aliphatic carbocycles. The first-order valence-electron chi connectivity index (χ1n) is 6.05. The number of aliphatic imine (C=N–C) groups is 1. The van der Waals surface area contributed by atoms with Gasteiger partial charge in [0, 0.05) is 32.8 Å². The van der Waals surface area contributed by atoms with E-state index in [-0.39, 0.29) is 24.0 Å². The van der Waals surface area contributed by atoms with Gasteiger partial charge in [-0.2, -0.15) is 0 Å². The molecule has 16 heavy (non-hydrogen) atoms. The first kappa shape index (κ1) is 14.0. The van der Waals surface area contributed by atoms with E-state index in [0.29, 0.717) is 0 Å². The third-order valence-corrected chi connectivity index (χ3v) is 3.08. The van der Waals surface area contributed by atoms with Gasteiger partial charge in [0.15, 0.2) is 5.96 Å². The summed E-state index contributed by atoms with van der Waals surface area (Å²) >= 11 is 0. The van der Waals surface area contributed by atoms with Gasteiger partial charge in [0.2, 0.25) is 0 Å². The van der Waals surface area contributed by atoms with Crippen LogP contribution in [0.4, 0.5) is 0 Å². The zero-order valence-corrected chi connectivity index (χ0v) is 12.0. The molecule has 2 N–H and O–H groups in total. The average Bonchev–Trinajstić information content (AvgIpc) is 2.32. The highest BCUT2D eigenvalue weighted by molar-refractivity contribution is 14.0. The summed E-state index contributed by atoms with van der Waals surface area (Å²) in [5.41, 5.74) is 0. The van der Waals surface area contributed by atoms with Crippen LogP contribution < -0.4 is 10.6 Å². The second-order valence-corrected chi connectivity index (χ2v) is 4.28. The molecule has 0 radical (unpaired) electrons. The fourth-order valence-electron chi connectivity index (χ4n) is 2.08. The van der Waals surface area contributed by atoms with Crippen LogP contribution in [0, 0.1) is 5.92 Å². The van der Waals surface area contributed by atoms with E-state index in [0.717, 1.165) is 51.1 Å². The van der Waals surface area contributed by atoms with Crippen molar-refractivity contribution in [3.05, 3.63) is 0 Å². The lowest BCUT2D eigenvalue weighted by Crippen LogP contribution is -2.41. The van der Waals surface area contributed by atoms with Crippen molar-refractivity contribution in [2.45, 2.75) is 25.7 Å². The molecule has 1 fully saturated rings. The van der Waals surface area contributed by atoms with Gasteiger partial charge in [0.25, 0.3) is 0 Å². The Bertz CT molecular complexity index is 217. The standard InChI is InChI=1S/C11H21N3O.HI/c1-5-12-11(13-6-1)14-7-2-10-3-8-15-9-4-10;/h10H,1-9H2,(H2,12,13,14);1H. The molecule has 0 spiro atoms. The third-order valence-electron chi connectivity index (χ3n) is 3.08. The van der Waals surface area contributed by atoms with E-state index in [1.165, 1.54) is 19.3 Å². The lowest BCUT2D eigenvalue weighted by Gasteiger charge is -2.23. The van der Waals surface area contributed by atoms with Crippen molar-refractivity contribution in [1.82, 2.24) is 10.6 Å². The fourth-order valence-corrected chi connectivity index (χ4v) is 2.08. The number of nitrogens with one attached hydrogen (secondary N) is 2. The Balaban J connectivity index is 0.00000128. The molecule has 0 amide bonds. The van der Waals surface area contributed by atoms with Crippen molar-refractivity contribution in [3.8, 4) is 0 Å². The molecule has 0 aromatic rings. The topological polar surface area (TPSA) is 45.7 Å². The quantitative estimate of drug-likeness (QED) is 0.764. The molecule has 0 aromatic heterocycles. The summed E-state index contributed by atoms with van der Waals surface area (Å²) in [4.78, 5) is 4.38. The molecule has 94 valence electrons.